The lowest BCUT2D eigenvalue weighted by Crippen LogP contribution is -2.42. The molecular formula is C12H17N5. The van der Waals surface area contributed by atoms with Crippen LogP contribution in [0.2, 0.25) is 0 Å². The van der Waals surface area contributed by atoms with E-state index in [-0.39, 0.29) is 0 Å². The molecule has 5 nitrogen and oxygen atoms in total. The van der Waals surface area contributed by atoms with Gasteiger partial charge in [-0.25, -0.2) is 9.97 Å². The molecule has 0 amide bonds. The van der Waals surface area contributed by atoms with Gasteiger partial charge in [0.1, 0.15) is 11.9 Å². The third-order valence-electron chi connectivity index (χ3n) is 3.05. The Morgan fingerprint density at radius 3 is 2.94 bits per heavy atom. The molecule has 1 aliphatic heterocycles. The summed E-state index contributed by atoms with van der Waals surface area (Å²) < 4.78 is 0. The van der Waals surface area contributed by atoms with Gasteiger partial charge in [-0.2, -0.15) is 5.26 Å². The molecule has 1 aromatic heterocycles. The number of nitrogens with one attached hydrogen (secondary N) is 1. The number of nitrogens with zero attached hydrogens (tertiary/aromatic N) is 4. The van der Waals surface area contributed by atoms with Crippen molar-refractivity contribution in [3.8, 4) is 6.07 Å². The van der Waals surface area contributed by atoms with E-state index in [4.69, 9.17) is 5.26 Å². The van der Waals surface area contributed by atoms with Crippen LogP contribution >= 0.6 is 0 Å². The predicted molar refractivity (Wildman–Crippen MR) is 65.7 cm³/mol. The van der Waals surface area contributed by atoms with E-state index in [9.17, 15) is 0 Å². The average molecular weight is 231 g/mol. The van der Waals surface area contributed by atoms with Crippen LogP contribution in [-0.4, -0.2) is 36.1 Å². The first-order chi connectivity index (χ1) is 8.29. The maximum Gasteiger partial charge on any atom is 0.158 e. The van der Waals surface area contributed by atoms with Crippen molar-refractivity contribution in [2.45, 2.75) is 25.3 Å². The Bertz CT molecular complexity index is 388. The van der Waals surface area contributed by atoms with Crippen molar-refractivity contribution in [2.24, 2.45) is 0 Å². The molecule has 1 fully saturated rings. The first kappa shape index (κ1) is 11.8. The number of nitriles is 1. The molecule has 5 heteroatoms. The maximum atomic E-state index is 8.65. The third kappa shape index (κ3) is 3.14. The summed E-state index contributed by atoms with van der Waals surface area (Å²) in [5.74, 6) is 0.816. The lowest BCUT2D eigenvalue weighted by Gasteiger charge is -2.28. The van der Waals surface area contributed by atoms with Gasteiger partial charge in [0.15, 0.2) is 5.69 Å². The van der Waals surface area contributed by atoms with Crippen LogP contribution in [0.4, 0.5) is 5.82 Å². The molecule has 0 aliphatic carbocycles. The van der Waals surface area contributed by atoms with E-state index in [1.165, 1.54) is 25.5 Å². The zero-order valence-electron chi connectivity index (χ0n) is 10.1. The van der Waals surface area contributed by atoms with Crippen molar-refractivity contribution < 1.29 is 0 Å². The molecule has 2 rings (SSSR count). The second-order valence-electron chi connectivity index (χ2n) is 4.40. The molecule has 1 aliphatic rings. The van der Waals surface area contributed by atoms with Gasteiger partial charge in [-0.1, -0.05) is 6.42 Å². The third-order valence-corrected chi connectivity index (χ3v) is 3.05. The molecule has 90 valence electrons. The molecule has 1 saturated heterocycles. The number of anilines is 1. The van der Waals surface area contributed by atoms with E-state index in [1.54, 1.807) is 6.20 Å². The number of likely N-dealkylation sites (N-methyl/N-ethyl adjacent to an activating group) is 1. The van der Waals surface area contributed by atoms with E-state index in [0.29, 0.717) is 11.7 Å². The number of piperidine rings is 1. The molecule has 17 heavy (non-hydrogen) atoms. The highest BCUT2D eigenvalue weighted by atomic mass is 15.2. The molecule has 0 spiro atoms. The predicted octanol–water partition coefficient (Wildman–Crippen LogP) is 0.927. The standard InChI is InChI=1S/C12H17N5/c1-17(9-10-4-2-3-5-14-10)12-8-15-11(6-13)7-16-12/h7-8,10,14H,2-5,9H2,1H3. The highest BCUT2D eigenvalue weighted by molar-refractivity contribution is 5.36. The van der Waals surface area contributed by atoms with E-state index in [1.807, 2.05) is 13.1 Å². The zero-order chi connectivity index (χ0) is 12.1. The van der Waals surface area contributed by atoms with E-state index < -0.39 is 0 Å². The van der Waals surface area contributed by atoms with E-state index >= 15 is 0 Å². The molecule has 2 heterocycles. The van der Waals surface area contributed by atoms with Gasteiger partial charge in [0, 0.05) is 19.6 Å². The van der Waals surface area contributed by atoms with Crippen molar-refractivity contribution in [1.82, 2.24) is 15.3 Å². The van der Waals surface area contributed by atoms with Crippen molar-refractivity contribution in [1.29, 1.82) is 5.26 Å². The van der Waals surface area contributed by atoms with Crippen LogP contribution in [0.1, 0.15) is 25.0 Å². The van der Waals surface area contributed by atoms with Gasteiger partial charge in [-0.3, -0.25) is 0 Å². The number of hydrogen-bond acceptors (Lipinski definition) is 5. The molecule has 0 bridgehead atoms. The summed E-state index contributed by atoms with van der Waals surface area (Å²) in [6.45, 7) is 2.04. The maximum absolute atomic E-state index is 8.65. The second kappa shape index (κ2) is 5.60. The number of hydrogen-bond donors (Lipinski definition) is 1. The fourth-order valence-electron chi connectivity index (χ4n) is 2.08. The Morgan fingerprint density at radius 2 is 2.35 bits per heavy atom. The second-order valence-corrected chi connectivity index (χ2v) is 4.40. The number of rotatable bonds is 3. The quantitative estimate of drug-likeness (QED) is 0.838. The van der Waals surface area contributed by atoms with E-state index in [2.05, 4.69) is 20.2 Å². The molecular weight excluding hydrogens is 214 g/mol. The van der Waals surface area contributed by atoms with Crippen LogP contribution in [-0.2, 0) is 0 Å². The number of aromatic nitrogens is 2. The molecule has 1 aromatic rings. The molecule has 1 N–H and O–H groups in total. The fraction of sp³-hybridized carbons (Fsp3) is 0.583. The Morgan fingerprint density at radius 1 is 1.47 bits per heavy atom. The highest BCUT2D eigenvalue weighted by Crippen LogP contribution is 2.12. The summed E-state index contributed by atoms with van der Waals surface area (Å²) in [6.07, 6.45) is 6.96. The topological polar surface area (TPSA) is 64.8 Å². The van der Waals surface area contributed by atoms with Gasteiger partial charge in [0.2, 0.25) is 0 Å². The Kier molecular flexibility index (Phi) is 3.89. The molecule has 0 saturated carbocycles. The lowest BCUT2D eigenvalue weighted by atomic mass is 10.0. The smallest absolute Gasteiger partial charge is 0.158 e. The summed E-state index contributed by atoms with van der Waals surface area (Å²) >= 11 is 0. The highest BCUT2D eigenvalue weighted by Gasteiger charge is 2.15. The minimum absolute atomic E-state index is 0.359. The van der Waals surface area contributed by atoms with Crippen molar-refractivity contribution >= 4 is 5.82 Å². The van der Waals surface area contributed by atoms with Crippen LogP contribution in [0.5, 0.6) is 0 Å². The van der Waals surface area contributed by atoms with Gasteiger partial charge in [-0.05, 0) is 19.4 Å². The fourth-order valence-corrected chi connectivity index (χ4v) is 2.08. The monoisotopic (exact) mass is 231 g/mol. The van der Waals surface area contributed by atoms with Gasteiger partial charge < -0.3 is 10.2 Å². The molecule has 1 unspecified atom stereocenters. The SMILES string of the molecule is CN(CC1CCCCN1)c1cnc(C#N)cn1. The molecule has 0 aromatic carbocycles. The normalized spacial score (nSPS) is 19.6. The summed E-state index contributed by atoms with van der Waals surface area (Å²) in [5.41, 5.74) is 0.359. The van der Waals surface area contributed by atoms with Crippen LogP contribution in [0.25, 0.3) is 0 Å². The van der Waals surface area contributed by atoms with Gasteiger partial charge >= 0.3 is 0 Å². The van der Waals surface area contributed by atoms with Gasteiger partial charge in [0.25, 0.3) is 0 Å². The van der Waals surface area contributed by atoms with Crippen molar-refractivity contribution in [2.75, 3.05) is 25.0 Å². The van der Waals surface area contributed by atoms with E-state index in [0.717, 1.165) is 18.9 Å². The van der Waals surface area contributed by atoms with Crippen molar-refractivity contribution in [3.05, 3.63) is 18.1 Å². The lowest BCUT2D eigenvalue weighted by molar-refractivity contribution is 0.403. The summed E-state index contributed by atoms with van der Waals surface area (Å²) in [6, 6.07) is 2.50. The van der Waals surface area contributed by atoms with Gasteiger partial charge in [-0.15, -0.1) is 0 Å². The van der Waals surface area contributed by atoms with Crippen LogP contribution in [0.3, 0.4) is 0 Å². The summed E-state index contributed by atoms with van der Waals surface area (Å²) in [4.78, 5) is 10.3. The van der Waals surface area contributed by atoms with Crippen LogP contribution in [0.15, 0.2) is 12.4 Å². The average Bonchev–Trinajstić information content (AvgIpc) is 2.40. The zero-order valence-corrected chi connectivity index (χ0v) is 10.1. The largest absolute Gasteiger partial charge is 0.357 e. The Balaban J connectivity index is 1.94. The van der Waals surface area contributed by atoms with Crippen molar-refractivity contribution in [3.63, 3.8) is 0 Å². The minimum Gasteiger partial charge on any atom is -0.357 e. The summed E-state index contributed by atoms with van der Waals surface area (Å²) in [5, 5.41) is 12.2. The van der Waals surface area contributed by atoms with Crippen LogP contribution in [0, 0.1) is 11.3 Å². The first-order valence-corrected chi connectivity index (χ1v) is 5.96. The van der Waals surface area contributed by atoms with Crippen LogP contribution < -0.4 is 10.2 Å². The minimum atomic E-state index is 0.359. The summed E-state index contributed by atoms with van der Waals surface area (Å²) in [7, 11) is 2.01. The Labute approximate surface area is 101 Å². The molecule has 1 atom stereocenters. The Hall–Kier alpha value is -1.67. The first-order valence-electron chi connectivity index (χ1n) is 5.96. The van der Waals surface area contributed by atoms with Gasteiger partial charge in [0.05, 0.1) is 12.4 Å². The molecule has 0 radical (unpaired) electrons.